The lowest BCUT2D eigenvalue weighted by Crippen LogP contribution is -2.56. The van der Waals surface area contributed by atoms with Crippen LogP contribution in [0.15, 0.2) is 30.3 Å². The fraction of sp³-hybridized carbons (Fsp3) is 0.600. The van der Waals surface area contributed by atoms with E-state index in [2.05, 4.69) is 12.1 Å². The van der Waals surface area contributed by atoms with Gasteiger partial charge >= 0.3 is 0 Å². The molecule has 1 aliphatic heterocycles. The van der Waals surface area contributed by atoms with Crippen LogP contribution in [-0.2, 0) is 20.8 Å². The fourth-order valence-corrected chi connectivity index (χ4v) is 2.00. The molecule has 2 atom stereocenters. The maximum atomic E-state index is 6.01. The molecule has 18 heavy (non-hydrogen) atoms. The topological polar surface area (TPSA) is 27.7 Å². The molecule has 3 nitrogen and oxygen atoms in total. The van der Waals surface area contributed by atoms with E-state index in [9.17, 15) is 0 Å². The van der Waals surface area contributed by atoms with Crippen molar-refractivity contribution >= 4 is 0 Å². The second-order valence-corrected chi connectivity index (χ2v) is 5.54. The van der Waals surface area contributed by atoms with Crippen LogP contribution in [-0.4, -0.2) is 24.1 Å². The van der Waals surface area contributed by atoms with E-state index < -0.39 is 11.4 Å². The summed E-state index contributed by atoms with van der Waals surface area (Å²) in [6, 6.07) is 10.1. The van der Waals surface area contributed by atoms with E-state index in [0.29, 0.717) is 13.2 Å². The van der Waals surface area contributed by atoms with Crippen LogP contribution < -0.4 is 0 Å². The first-order chi connectivity index (χ1) is 8.41. The molecule has 0 amide bonds. The third-order valence-corrected chi connectivity index (χ3v) is 3.44. The summed E-state index contributed by atoms with van der Waals surface area (Å²) in [5.74, 6) is -0.519. The van der Waals surface area contributed by atoms with Gasteiger partial charge in [-0.15, -0.1) is 0 Å². The summed E-state index contributed by atoms with van der Waals surface area (Å²) < 4.78 is 17.5. The Morgan fingerprint density at radius 2 is 1.89 bits per heavy atom. The summed E-state index contributed by atoms with van der Waals surface area (Å²) in [7, 11) is 0. The largest absolute Gasteiger partial charge is 0.365 e. The molecular formula is C15H22O3. The Morgan fingerprint density at radius 1 is 1.22 bits per heavy atom. The fourth-order valence-electron chi connectivity index (χ4n) is 2.00. The molecule has 0 aliphatic carbocycles. The van der Waals surface area contributed by atoms with Crippen molar-refractivity contribution in [3.8, 4) is 0 Å². The van der Waals surface area contributed by atoms with Crippen molar-refractivity contribution in [3.05, 3.63) is 35.9 Å². The Bertz CT molecular complexity index is 388. The molecule has 1 heterocycles. The normalized spacial score (nSPS) is 31.2. The lowest BCUT2D eigenvalue weighted by Gasteiger charge is -2.45. The molecule has 1 saturated heterocycles. The minimum atomic E-state index is -0.519. The van der Waals surface area contributed by atoms with Gasteiger partial charge in [-0.05, 0) is 33.3 Å². The quantitative estimate of drug-likeness (QED) is 0.825. The van der Waals surface area contributed by atoms with Crippen LogP contribution in [0, 0.1) is 0 Å². The lowest BCUT2D eigenvalue weighted by atomic mass is 9.99. The van der Waals surface area contributed by atoms with Gasteiger partial charge in [0.25, 0.3) is 0 Å². The van der Waals surface area contributed by atoms with E-state index in [0.717, 1.165) is 5.56 Å². The van der Waals surface area contributed by atoms with Crippen molar-refractivity contribution in [3.63, 3.8) is 0 Å². The van der Waals surface area contributed by atoms with Crippen LogP contribution >= 0.6 is 0 Å². The van der Waals surface area contributed by atoms with Crippen molar-refractivity contribution in [2.24, 2.45) is 0 Å². The summed E-state index contributed by atoms with van der Waals surface area (Å²) in [4.78, 5) is 0. The number of ether oxygens (including phenoxy) is 3. The smallest absolute Gasteiger partial charge is 0.163 e. The molecule has 2 unspecified atom stereocenters. The zero-order valence-corrected chi connectivity index (χ0v) is 11.6. The molecule has 1 aromatic rings. The van der Waals surface area contributed by atoms with Gasteiger partial charge in [0.2, 0.25) is 0 Å². The molecule has 1 aromatic carbocycles. The zero-order chi connectivity index (χ0) is 13.2. The van der Waals surface area contributed by atoms with Crippen molar-refractivity contribution in [1.29, 1.82) is 0 Å². The lowest BCUT2D eigenvalue weighted by molar-refractivity contribution is -0.335. The van der Waals surface area contributed by atoms with Crippen LogP contribution in [0.3, 0.4) is 0 Å². The molecular weight excluding hydrogens is 228 g/mol. The molecule has 1 aliphatic rings. The number of hydrogen-bond donors (Lipinski definition) is 0. The third-order valence-electron chi connectivity index (χ3n) is 3.44. The van der Waals surface area contributed by atoms with Crippen LogP contribution in [0.1, 0.15) is 33.3 Å². The molecule has 0 aromatic heterocycles. The predicted octanol–water partition coefficient (Wildman–Crippen LogP) is 3.13. The molecule has 0 bridgehead atoms. The monoisotopic (exact) mass is 250 g/mol. The molecule has 0 radical (unpaired) electrons. The molecule has 2 rings (SSSR count). The minimum Gasteiger partial charge on any atom is -0.365 e. The van der Waals surface area contributed by atoms with E-state index in [1.54, 1.807) is 0 Å². The third kappa shape index (κ3) is 3.10. The predicted molar refractivity (Wildman–Crippen MR) is 70.2 cm³/mol. The highest BCUT2D eigenvalue weighted by atomic mass is 16.7. The van der Waals surface area contributed by atoms with Crippen LogP contribution in [0.2, 0.25) is 0 Å². The number of hydrogen-bond acceptors (Lipinski definition) is 3. The maximum Gasteiger partial charge on any atom is 0.163 e. The summed E-state index contributed by atoms with van der Waals surface area (Å²) >= 11 is 0. The van der Waals surface area contributed by atoms with Crippen molar-refractivity contribution in [2.45, 2.75) is 51.8 Å². The van der Waals surface area contributed by atoms with Crippen molar-refractivity contribution in [1.82, 2.24) is 0 Å². The van der Waals surface area contributed by atoms with Crippen molar-refractivity contribution < 1.29 is 14.2 Å². The van der Waals surface area contributed by atoms with Gasteiger partial charge in [-0.3, -0.25) is 0 Å². The summed E-state index contributed by atoms with van der Waals surface area (Å²) in [6.07, 6.45) is 0.00459. The molecule has 3 heteroatoms. The van der Waals surface area contributed by atoms with Gasteiger partial charge in [0, 0.05) is 0 Å². The van der Waals surface area contributed by atoms with E-state index in [1.807, 2.05) is 45.9 Å². The first-order valence-corrected chi connectivity index (χ1v) is 6.41. The second kappa shape index (κ2) is 5.00. The van der Waals surface area contributed by atoms with Gasteiger partial charge in [0.1, 0.15) is 5.60 Å². The summed E-state index contributed by atoms with van der Waals surface area (Å²) in [5, 5.41) is 0. The number of benzene rings is 1. The Labute approximate surface area is 109 Å². The first-order valence-electron chi connectivity index (χ1n) is 6.41. The highest BCUT2D eigenvalue weighted by Gasteiger charge is 2.43. The summed E-state index contributed by atoms with van der Waals surface area (Å²) in [6.45, 7) is 9.06. The van der Waals surface area contributed by atoms with E-state index in [1.165, 1.54) is 0 Å². The van der Waals surface area contributed by atoms with E-state index >= 15 is 0 Å². The van der Waals surface area contributed by atoms with Gasteiger partial charge < -0.3 is 14.2 Å². The Hall–Kier alpha value is -0.900. The van der Waals surface area contributed by atoms with E-state index in [4.69, 9.17) is 14.2 Å². The van der Waals surface area contributed by atoms with Gasteiger partial charge in [-0.1, -0.05) is 30.3 Å². The molecule has 0 saturated carbocycles. The minimum absolute atomic E-state index is 0.00459. The summed E-state index contributed by atoms with van der Waals surface area (Å²) in [5.41, 5.74) is 0.765. The Balaban J connectivity index is 1.96. The molecule has 1 fully saturated rings. The Morgan fingerprint density at radius 3 is 2.50 bits per heavy atom. The van der Waals surface area contributed by atoms with Gasteiger partial charge in [-0.2, -0.15) is 0 Å². The van der Waals surface area contributed by atoms with Crippen LogP contribution in [0.5, 0.6) is 0 Å². The van der Waals surface area contributed by atoms with E-state index in [-0.39, 0.29) is 6.10 Å². The van der Waals surface area contributed by atoms with Gasteiger partial charge in [0.05, 0.1) is 19.3 Å². The average molecular weight is 250 g/mol. The van der Waals surface area contributed by atoms with Crippen LogP contribution in [0.25, 0.3) is 0 Å². The van der Waals surface area contributed by atoms with Crippen molar-refractivity contribution in [2.75, 3.05) is 6.61 Å². The first kappa shape index (κ1) is 13.5. The SMILES string of the molecule is CC1OC(C)(C)OCC1(C)OCc1ccccc1. The van der Waals surface area contributed by atoms with Gasteiger partial charge in [0.15, 0.2) is 5.79 Å². The molecule has 100 valence electrons. The standard InChI is InChI=1S/C15H22O3/c1-12-15(4,11-17-14(2,3)18-12)16-10-13-8-6-5-7-9-13/h5-9,12H,10-11H2,1-4H3. The second-order valence-electron chi connectivity index (χ2n) is 5.54. The molecule has 0 N–H and O–H groups in total. The highest BCUT2D eigenvalue weighted by molar-refractivity contribution is 5.13. The van der Waals surface area contributed by atoms with Gasteiger partial charge in [-0.25, -0.2) is 0 Å². The van der Waals surface area contributed by atoms with Crippen LogP contribution in [0.4, 0.5) is 0 Å². The average Bonchev–Trinajstić information content (AvgIpc) is 2.33. The zero-order valence-electron chi connectivity index (χ0n) is 11.6. The Kier molecular flexibility index (Phi) is 3.76. The molecule has 0 spiro atoms. The number of rotatable bonds is 3. The maximum absolute atomic E-state index is 6.01. The highest BCUT2D eigenvalue weighted by Crippen LogP contribution is 2.31.